The molecule has 2 rings (SSSR count). The van der Waals surface area contributed by atoms with Crippen LogP contribution in [0.4, 0.5) is 0 Å². The lowest BCUT2D eigenvalue weighted by Gasteiger charge is -2.11. The van der Waals surface area contributed by atoms with E-state index >= 15 is 0 Å². The molecule has 2 aromatic rings. The van der Waals surface area contributed by atoms with Gasteiger partial charge in [0.1, 0.15) is 30.1 Å². The molecule has 1 aromatic heterocycles. The van der Waals surface area contributed by atoms with Gasteiger partial charge in [0.2, 0.25) is 0 Å². The molecule has 0 bridgehead atoms. The number of ether oxygens (including phenoxy) is 2. The summed E-state index contributed by atoms with van der Waals surface area (Å²) in [6.45, 7) is 1.92. The molecule has 1 aromatic carbocycles. The number of hydrogen-bond donors (Lipinski definition) is 1. The number of nitrogens with zero attached hydrogens (tertiary/aromatic N) is 1. The van der Waals surface area contributed by atoms with Gasteiger partial charge in [-0.15, -0.1) is 0 Å². The molecule has 0 fully saturated rings. The largest absolute Gasteiger partial charge is 0.487 e. The average molecular weight is 262 g/mol. The van der Waals surface area contributed by atoms with Crippen molar-refractivity contribution in [2.45, 2.75) is 19.6 Å². The summed E-state index contributed by atoms with van der Waals surface area (Å²) in [7, 11) is 0. The van der Waals surface area contributed by atoms with Crippen molar-refractivity contribution in [3.05, 3.63) is 42.3 Å². The highest BCUT2D eigenvalue weighted by Crippen LogP contribution is 2.19. The Morgan fingerprint density at radius 1 is 1.32 bits per heavy atom. The van der Waals surface area contributed by atoms with E-state index < -0.39 is 12.0 Å². The molecule has 0 aliphatic rings. The standard InChI is InChI=1S/C13H14N2O4/c1-9(13(14)16)19-12-4-2-11(3-5-12)17-8-10-6-7-18-15-10/h2-7,9H,8H2,1H3,(H2,14,16)/t9-/m1/s1. The summed E-state index contributed by atoms with van der Waals surface area (Å²) >= 11 is 0. The van der Waals surface area contributed by atoms with Crippen LogP contribution in [-0.2, 0) is 11.4 Å². The molecule has 6 heteroatoms. The van der Waals surface area contributed by atoms with E-state index in [0.29, 0.717) is 23.8 Å². The number of hydrogen-bond acceptors (Lipinski definition) is 5. The first kappa shape index (κ1) is 12.9. The second kappa shape index (κ2) is 5.90. The number of primary amides is 1. The lowest BCUT2D eigenvalue weighted by molar-refractivity contribution is -0.123. The maximum absolute atomic E-state index is 10.9. The number of carbonyl (C=O) groups excluding carboxylic acids is 1. The van der Waals surface area contributed by atoms with Gasteiger partial charge in [-0.05, 0) is 31.2 Å². The Bertz CT molecular complexity index is 522. The summed E-state index contributed by atoms with van der Waals surface area (Å²) in [5, 5.41) is 3.73. The summed E-state index contributed by atoms with van der Waals surface area (Å²) < 4.78 is 15.5. The van der Waals surface area contributed by atoms with Crippen LogP contribution in [0.3, 0.4) is 0 Å². The molecule has 1 atom stereocenters. The third-order valence-corrected chi connectivity index (χ3v) is 2.42. The average Bonchev–Trinajstić information content (AvgIpc) is 2.91. The van der Waals surface area contributed by atoms with Gasteiger partial charge in [-0.25, -0.2) is 0 Å². The SMILES string of the molecule is C[C@@H](Oc1ccc(OCc2ccon2)cc1)C(N)=O. The summed E-state index contributed by atoms with van der Waals surface area (Å²) in [5.74, 6) is 0.716. The quantitative estimate of drug-likeness (QED) is 0.852. The molecule has 0 radical (unpaired) electrons. The van der Waals surface area contributed by atoms with E-state index in [1.165, 1.54) is 6.26 Å². The van der Waals surface area contributed by atoms with Gasteiger partial charge in [-0.3, -0.25) is 4.79 Å². The minimum absolute atomic E-state index is 0.328. The van der Waals surface area contributed by atoms with Crippen LogP contribution in [0.15, 0.2) is 41.1 Å². The number of benzene rings is 1. The van der Waals surface area contributed by atoms with Gasteiger partial charge in [-0.1, -0.05) is 5.16 Å². The van der Waals surface area contributed by atoms with Crippen LogP contribution in [0.5, 0.6) is 11.5 Å². The van der Waals surface area contributed by atoms with Gasteiger partial charge in [0, 0.05) is 6.07 Å². The Balaban J connectivity index is 1.89. The van der Waals surface area contributed by atoms with Crippen molar-refractivity contribution < 1.29 is 18.8 Å². The second-order valence-corrected chi connectivity index (χ2v) is 3.91. The van der Waals surface area contributed by atoms with Crippen LogP contribution >= 0.6 is 0 Å². The predicted molar refractivity (Wildman–Crippen MR) is 66.6 cm³/mol. The first-order valence-electron chi connectivity index (χ1n) is 5.73. The maximum Gasteiger partial charge on any atom is 0.258 e. The summed E-state index contributed by atoms with van der Waals surface area (Å²) in [4.78, 5) is 10.9. The van der Waals surface area contributed by atoms with Crippen LogP contribution in [0.1, 0.15) is 12.6 Å². The van der Waals surface area contributed by atoms with E-state index in [4.69, 9.17) is 19.7 Å². The van der Waals surface area contributed by atoms with Crippen LogP contribution in [0, 0.1) is 0 Å². The zero-order chi connectivity index (χ0) is 13.7. The number of carbonyl (C=O) groups is 1. The van der Waals surface area contributed by atoms with Gasteiger partial charge >= 0.3 is 0 Å². The molecule has 0 unspecified atom stereocenters. The molecule has 2 N–H and O–H groups in total. The lowest BCUT2D eigenvalue weighted by Crippen LogP contribution is -2.30. The third kappa shape index (κ3) is 3.74. The minimum Gasteiger partial charge on any atom is -0.487 e. The Hall–Kier alpha value is -2.50. The topological polar surface area (TPSA) is 87.6 Å². The minimum atomic E-state index is -0.665. The third-order valence-electron chi connectivity index (χ3n) is 2.42. The van der Waals surface area contributed by atoms with E-state index in [2.05, 4.69) is 5.16 Å². The highest BCUT2D eigenvalue weighted by atomic mass is 16.5. The smallest absolute Gasteiger partial charge is 0.258 e. The Morgan fingerprint density at radius 3 is 2.58 bits per heavy atom. The fourth-order valence-corrected chi connectivity index (χ4v) is 1.35. The predicted octanol–water partition coefficient (Wildman–Crippen LogP) is 1.51. The van der Waals surface area contributed by atoms with E-state index in [1.54, 1.807) is 37.3 Å². The normalized spacial score (nSPS) is 11.8. The van der Waals surface area contributed by atoms with Crippen molar-refractivity contribution in [3.8, 4) is 11.5 Å². The van der Waals surface area contributed by atoms with Crippen molar-refractivity contribution in [3.63, 3.8) is 0 Å². The highest BCUT2D eigenvalue weighted by molar-refractivity contribution is 5.78. The van der Waals surface area contributed by atoms with E-state index in [-0.39, 0.29) is 0 Å². The van der Waals surface area contributed by atoms with Gasteiger partial charge in [0.25, 0.3) is 5.91 Å². The molecule has 19 heavy (non-hydrogen) atoms. The number of amides is 1. The van der Waals surface area contributed by atoms with Crippen molar-refractivity contribution in [2.24, 2.45) is 5.73 Å². The zero-order valence-corrected chi connectivity index (χ0v) is 10.4. The molecule has 6 nitrogen and oxygen atoms in total. The summed E-state index contributed by atoms with van der Waals surface area (Å²) in [6, 6.07) is 8.62. The van der Waals surface area contributed by atoms with E-state index in [1.807, 2.05) is 0 Å². The van der Waals surface area contributed by atoms with Gasteiger partial charge < -0.3 is 19.7 Å². The van der Waals surface area contributed by atoms with Gasteiger partial charge in [0.05, 0.1) is 0 Å². The first-order valence-corrected chi connectivity index (χ1v) is 5.73. The molecule has 0 aliphatic heterocycles. The highest BCUT2D eigenvalue weighted by Gasteiger charge is 2.09. The number of rotatable bonds is 6. The molecule has 100 valence electrons. The molecule has 0 saturated carbocycles. The fraction of sp³-hybridized carbons (Fsp3) is 0.231. The van der Waals surface area contributed by atoms with Crippen molar-refractivity contribution >= 4 is 5.91 Å². The molecular weight excluding hydrogens is 248 g/mol. The molecule has 1 heterocycles. The molecule has 0 spiro atoms. The number of aromatic nitrogens is 1. The summed E-state index contributed by atoms with van der Waals surface area (Å²) in [6.07, 6.45) is 0.822. The summed E-state index contributed by atoms with van der Waals surface area (Å²) in [5.41, 5.74) is 5.82. The second-order valence-electron chi connectivity index (χ2n) is 3.91. The van der Waals surface area contributed by atoms with Crippen molar-refractivity contribution in [2.75, 3.05) is 0 Å². The fourth-order valence-electron chi connectivity index (χ4n) is 1.35. The van der Waals surface area contributed by atoms with Crippen LogP contribution < -0.4 is 15.2 Å². The van der Waals surface area contributed by atoms with Crippen molar-refractivity contribution in [1.82, 2.24) is 5.16 Å². The van der Waals surface area contributed by atoms with E-state index in [0.717, 1.165) is 0 Å². The monoisotopic (exact) mass is 262 g/mol. The van der Waals surface area contributed by atoms with E-state index in [9.17, 15) is 4.79 Å². The van der Waals surface area contributed by atoms with Crippen molar-refractivity contribution in [1.29, 1.82) is 0 Å². The molecular formula is C13H14N2O4. The van der Waals surface area contributed by atoms with Crippen LogP contribution in [-0.4, -0.2) is 17.2 Å². The Kier molecular flexibility index (Phi) is 4.02. The van der Waals surface area contributed by atoms with Crippen LogP contribution in [0.2, 0.25) is 0 Å². The first-order chi connectivity index (χ1) is 9.15. The lowest BCUT2D eigenvalue weighted by atomic mass is 10.3. The Morgan fingerprint density at radius 2 is 2.00 bits per heavy atom. The van der Waals surface area contributed by atoms with Gasteiger partial charge in [-0.2, -0.15) is 0 Å². The molecule has 0 saturated heterocycles. The zero-order valence-electron chi connectivity index (χ0n) is 10.4. The Labute approximate surface area is 110 Å². The van der Waals surface area contributed by atoms with Crippen LogP contribution in [0.25, 0.3) is 0 Å². The molecule has 1 amide bonds. The number of nitrogens with two attached hydrogens (primary N) is 1. The molecule has 0 aliphatic carbocycles. The maximum atomic E-state index is 10.9. The van der Waals surface area contributed by atoms with Gasteiger partial charge in [0.15, 0.2) is 6.10 Å².